The maximum atomic E-state index is 11.1. The van der Waals surface area contributed by atoms with Crippen LogP contribution in [0.4, 0.5) is 0 Å². The van der Waals surface area contributed by atoms with Crippen molar-refractivity contribution in [2.75, 3.05) is 6.61 Å². The maximum Gasteiger partial charge on any atom is 0.310 e. The van der Waals surface area contributed by atoms with E-state index in [4.69, 9.17) is 9.84 Å². The highest BCUT2D eigenvalue weighted by Crippen LogP contribution is 2.07. The molecule has 0 radical (unpaired) electrons. The molecule has 0 atom stereocenters. The van der Waals surface area contributed by atoms with Crippen molar-refractivity contribution in [1.29, 1.82) is 0 Å². The molecular weight excluding hydrogens is 204 g/mol. The van der Waals surface area contributed by atoms with Gasteiger partial charge in [-0.05, 0) is 22.4 Å². The van der Waals surface area contributed by atoms with E-state index in [9.17, 15) is 9.59 Å². The van der Waals surface area contributed by atoms with Crippen LogP contribution in [0.25, 0.3) is 0 Å². The summed E-state index contributed by atoms with van der Waals surface area (Å²) in [5.41, 5.74) is 0.898. The molecule has 0 bridgehead atoms. The van der Waals surface area contributed by atoms with E-state index in [0.29, 0.717) is 0 Å². The predicted molar refractivity (Wildman–Crippen MR) is 51.2 cm³/mol. The van der Waals surface area contributed by atoms with Crippen molar-refractivity contribution in [2.24, 2.45) is 0 Å². The molecule has 1 rings (SSSR count). The molecule has 0 fully saturated rings. The van der Waals surface area contributed by atoms with Crippen LogP contribution < -0.4 is 0 Å². The van der Waals surface area contributed by atoms with Crippen molar-refractivity contribution in [1.82, 2.24) is 0 Å². The zero-order valence-electron chi connectivity index (χ0n) is 7.43. The average Bonchev–Trinajstić information content (AvgIpc) is 2.56. The Morgan fingerprint density at radius 2 is 2.29 bits per heavy atom. The number of carbonyl (C=O) groups is 2. The number of hydrogen-bond acceptors (Lipinski definition) is 4. The number of carboxylic acids is 1. The third-order valence-corrected chi connectivity index (χ3v) is 2.24. The molecule has 0 aliphatic carbocycles. The Kier molecular flexibility index (Phi) is 4.12. The lowest BCUT2D eigenvalue weighted by Gasteiger charge is -2.00. The summed E-state index contributed by atoms with van der Waals surface area (Å²) < 4.78 is 4.71. The van der Waals surface area contributed by atoms with Gasteiger partial charge in [-0.1, -0.05) is 0 Å². The maximum absolute atomic E-state index is 11.1. The van der Waals surface area contributed by atoms with Crippen LogP contribution in [0.3, 0.4) is 0 Å². The third-order valence-electron chi connectivity index (χ3n) is 1.51. The normalized spacial score (nSPS) is 9.71. The van der Waals surface area contributed by atoms with Gasteiger partial charge in [0.2, 0.25) is 0 Å². The van der Waals surface area contributed by atoms with E-state index in [1.165, 1.54) is 11.3 Å². The van der Waals surface area contributed by atoms with E-state index >= 15 is 0 Å². The van der Waals surface area contributed by atoms with Crippen LogP contribution in [0, 0.1) is 0 Å². The van der Waals surface area contributed by atoms with Gasteiger partial charge in [-0.25, -0.2) is 0 Å². The van der Waals surface area contributed by atoms with Gasteiger partial charge in [0, 0.05) is 0 Å². The van der Waals surface area contributed by atoms with Crippen LogP contribution in [-0.4, -0.2) is 23.7 Å². The van der Waals surface area contributed by atoms with Crippen molar-refractivity contribution < 1.29 is 19.4 Å². The first-order valence-electron chi connectivity index (χ1n) is 4.07. The number of carbonyl (C=O) groups excluding carboxylic acids is 1. The summed E-state index contributed by atoms with van der Waals surface area (Å²) in [5, 5.41) is 12.0. The Hall–Kier alpha value is -1.36. The first-order chi connectivity index (χ1) is 6.68. The lowest BCUT2D eigenvalue weighted by atomic mass is 10.2. The Labute approximate surface area is 85.1 Å². The molecule has 76 valence electrons. The van der Waals surface area contributed by atoms with E-state index in [1.807, 2.05) is 16.8 Å². The molecular formula is C9H10O4S. The Balaban J connectivity index is 2.20. The number of aliphatic carboxylic acids is 1. The Morgan fingerprint density at radius 1 is 1.50 bits per heavy atom. The molecule has 14 heavy (non-hydrogen) atoms. The highest BCUT2D eigenvalue weighted by molar-refractivity contribution is 7.07. The molecule has 0 saturated heterocycles. The second-order valence-electron chi connectivity index (χ2n) is 2.67. The lowest BCUT2D eigenvalue weighted by molar-refractivity contribution is -0.145. The fraction of sp³-hybridized carbons (Fsp3) is 0.333. The molecule has 0 unspecified atom stereocenters. The molecule has 0 saturated carbocycles. The van der Waals surface area contributed by atoms with E-state index < -0.39 is 5.97 Å². The minimum absolute atomic E-state index is 0.0572. The highest BCUT2D eigenvalue weighted by atomic mass is 32.1. The second kappa shape index (κ2) is 5.39. The van der Waals surface area contributed by atoms with Gasteiger partial charge >= 0.3 is 11.9 Å². The molecule has 1 aromatic rings. The number of ether oxygens (including phenoxy) is 1. The minimum Gasteiger partial charge on any atom is -0.481 e. The number of rotatable bonds is 5. The van der Waals surface area contributed by atoms with Gasteiger partial charge in [0.15, 0.2) is 0 Å². The van der Waals surface area contributed by atoms with E-state index in [-0.39, 0.29) is 25.4 Å². The molecule has 4 nitrogen and oxygen atoms in total. The summed E-state index contributed by atoms with van der Waals surface area (Å²) in [6.07, 6.45) is 0.0680. The molecule has 1 N–H and O–H groups in total. The summed E-state index contributed by atoms with van der Waals surface area (Å²) >= 11 is 1.51. The molecule has 0 aliphatic rings. The van der Waals surface area contributed by atoms with E-state index in [2.05, 4.69) is 0 Å². The zero-order chi connectivity index (χ0) is 10.4. The SMILES string of the molecule is O=C(O)CCOC(=O)Cc1ccsc1. The number of esters is 1. The van der Waals surface area contributed by atoms with Gasteiger partial charge in [-0.15, -0.1) is 0 Å². The fourth-order valence-corrected chi connectivity index (χ4v) is 1.53. The fourth-order valence-electron chi connectivity index (χ4n) is 0.863. The number of thiophene rings is 1. The monoisotopic (exact) mass is 214 g/mol. The van der Waals surface area contributed by atoms with Gasteiger partial charge in [-0.2, -0.15) is 11.3 Å². The van der Waals surface area contributed by atoms with E-state index in [0.717, 1.165) is 5.56 Å². The van der Waals surface area contributed by atoms with Gasteiger partial charge in [0.05, 0.1) is 12.8 Å². The summed E-state index contributed by atoms with van der Waals surface area (Å²) in [4.78, 5) is 21.2. The van der Waals surface area contributed by atoms with Gasteiger partial charge < -0.3 is 9.84 Å². The first-order valence-corrected chi connectivity index (χ1v) is 5.01. The Morgan fingerprint density at radius 3 is 2.86 bits per heavy atom. The largest absolute Gasteiger partial charge is 0.481 e. The molecule has 0 aromatic carbocycles. The van der Waals surface area contributed by atoms with E-state index in [1.54, 1.807) is 0 Å². The van der Waals surface area contributed by atoms with Crippen molar-refractivity contribution >= 4 is 23.3 Å². The van der Waals surface area contributed by atoms with Crippen molar-refractivity contribution in [3.05, 3.63) is 22.4 Å². The summed E-state index contributed by atoms with van der Waals surface area (Å²) in [5.74, 6) is -1.35. The standard InChI is InChI=1S/C9H10O4S/c10-8(11)1-3-13-9(12)5-7-2-4-14-6-7/h2,4,6H,1,3,5H2,(H,10,11). The molecule has 1 aromatic heterocycles. The lowest BCUT2D eigenvalue weighted by Crippen LogP contribution is -2.11. The van der Waals surface area contributed by atoms with Crippen LogP contribution in [0.5, 0.6) is 0 Å². The van der Waals surface area contributed by atoms with Crippen LogP contribution >= 0.6 is 11.3 Å². The minimum atomic E-state index is -0.965. The smallest absolute Gasteiger partial charge is 0.310 e. The molecule has 1 heterocycles. The first kappa shape index (κ1) is 10.7. The quantitative estimate of drug-likeness (QED) is 0.750. The van der Waals surface area contributed by atoms with Gasteiger partial charge in [0.25, 0.3) is 0 Å². The van der Waals surface area contributed by atoms with Crippen LogP contribution in [0.2, 0.25) is 0 Å². The Bertz CT molecular complexity index is 305. The second-order valence-corrected chi connectivity index (χ2v) is 3.45. The van der Waals surface area contributed by atoms with Gasteiger partial charge in [-0.3, -0.25) is 9.59 Å². The molecule has 0 aliphatic heterocycles. The summed E-state index contributed by atoms with van der Waals surface area (Å²) in [7, 11) is 0. The van der Waals surface area contributed by atoms with Gasteiger partial charge in [0.1, 0.15) is 6.61 Å². The van der Waals surface area contributed by atoms with Crippen LogP contribution in [0.1, 0.15) is 12.0 Å². The predicted octanol–water partition coefficient (Wildman–Crippen LogP) is 1.31. The summed E-state index contributed by atoms with van der Waals surface area (Å²) in [6.45, 7) is -0.0572. The van der Waals surface area contributed by atoms with Crippen LogP contribution in [0.15, 0.2) is 16.8 Å². The third kappa shape index (κ3) is 4.04. The average molecular weight is 214 g/mol. The number of carboxylic acid groups (broad SMARTS) is 1. The molecule has 0 spiro atoms. The summed E-state index contributed by atoms with van der Waals surface area (Å²) in [6, 6.07) is 1.84. The molecule has 0 amide bonds. The van der Waals surface area contributed by atoms with Crippen molar-refractivity contribution in [2.45, 2.75) is 12.8 Å². The highest BCUT2D eigenvalue weighted by Gasteiger charge is 2.05. The van der Waals surface area contributed by atoms with Crippen molar-refractivity contribution in [3.63, 3.8) is 0 Å². The molecule has 5 heteroatoms. The number of hydrogen-bond donors (Lipinski definition) is 1. The van der Waals surface area contributed by atoms with Crippen molar-refractivity contribution in [3.8, 4) is 0 Å². The van der Waals surface area contributed by atoms with Crippen LogP contribution in [-0.2, 0) is 20.7 Å². The zero-order valence-corrected chi connectivity index (χ0v) is 8.25. The topological polar surface area (TPSA) is 63.6 Å².